The van der Waals surface area contributed by atoms with Crippen molar-refractivity contribution in [2.75, 3.05) is 40.3 Å². The van der Waals surface area contributed by atoms with Crippen LogP contribution in [0.25, 0.3) is 0 Å². The van der Waals surface area contributed by atoms with Crippen molar-refractivity contribution < 1.29 is 9.53 Å². The van der Waals surface area contributed by atoms with Crippen molar-refractivity contribution in [2.24, 2.45) is 0 Å². The molecule has 2 aromatic carbocycles. The van der Waals surface area contributed by atoms with Crippen molar-refractivity contribution in [1.29, 1.82) is 0 Å². The fourth-order valence-corrected chi connectivity index (χ4v) is 4.15. The summed E-state index contributed by atoms with van der Waals surface area (Å²) in [5, 5.41) is 3.25. The Hall–Kier alpha value is -2.37. The monoisotopic (exact) mass is 395 g/mol. The van der Waals surface area contributed by atoms with Gasteiger partial charge in [0.15, 0.2) is 0 Å². The normalized spacial score (nSPS) is 16.6. The Bertz CT molecular complexity index is 775. The van der Waals surface area contributed by atoms with E-state index in [4.69, 9.17) is 4.74 Å². The van der Waals surface area contributed by atoms with E-state index in [0.717, 1.165) is 36.5 Å². The first-order valence-electron chi connectivity index (χ1n) is 10.6. The zero-order valence-corrected chi connectivity index (χ0v) is 17.8. The summed E-state index contributed by atoms with van der Waals surface area (Å²) in [4.78, 5) is 17.8. The summed E-state index contributed by atoms with van der Waals surface area (Å²) in [6.07, 6.45) is 2.40. The molecule has 1 aliphatic heterocycles. The number of nitrogens with one attached hydrogen (secondary N) is 1. The molecule has 0 aliphatic carbocycles. The van der Waals surface area contributed by atoms with Crippen molar-refractivity contribution in [1.82, 2.24) is 15.1 Å². The Morgan fingerprint density at radius 3 is 2.41 bits per heavy atom. The molecule has 1 fully saturated rings. The predicted molar refractivity (Wildman–Crippen MR) is 117 cm³/mol. The second-order valence-corrected chi connectivity index (χ2v) is 7.63. The topological polar surface area (TPSA) is 44.8 Å². The van der Waals surface area contributed by atoms with Crippen LogP contribution in [0.15, 0.2) is 54.6 Å². The number of benzene rings is 2. The molecule has 5 heteroatoms. The molecular weight excluding hydrogens is 362 g/mol. The molecule has 1 aliphatic rings. The molecular formula is C24H33N3O2. The molecule has 29 heavy (non-hydrogen) atoms. The summed E-state index contributed by atoms with van der Waals surface area (Å²) in [5.74, 6) is 0.920. The van der Waals surface area contributed by atoms with Crippen LogP contribution in [-0.4, -0.2) is 56.0 Å². The average Bonchev–Trinajstić information content (AvgIpc) is 3.29. The predicted octanol–water partition coefficient (Wildman–Crippen LogP) is 3.64. The standard InChI is InChI=1S/C24H33N3O2/c1-4-26(2)23(19-12-6-5-7-13-19)24(28)25-18-21(27-16-10-11-17-27)20-14-8-9-15-22(20)29-3/h5-9,12-15,21,23H,4,10-11,16-18H2,1-3H3,(H,25,28). The largest absolute Gasteiger partial charge is 0.496 e. The fraction of sp³-hybridized carbons (Fsp3) is 0.458. The number of rotatable bonds is 9. The Kier molecular flexibility index (Phi) is 7.67. The number of likely N-dealkylation sites (tertiary alicyclic amines) is 1. The van der Waals surface area contributed by atoms with Gasteiger partial charge in [-0.2, -0.15) is 0 Å². The number of carbonyl (C=O) groups excluding carboxylic acids is 1. The molecule has 2 unspecified atom stereocenters. The highest BCUT2D eigenvalue weighted by Gasteiger charge is 2.29. The summed E-state index contributed by atoms with van der Waals surface area (Å²) < 4.78 is 5.62. The van der Waals surface area contributed by atoms with Gasteiger partial charge < -0.3 is 10.1 Å². The quantitative estimate of drug-likeness (QED) is 0.704. The molecule has 1 N–H and O–H groups in total. The van der Waals surface area contributed by atoms with Crippen LogP contribution in [0.3, 0.4) is 0 Å². The number of ether oxygens (including phenoxy) is 1. The van der Waals surface area contributed by atoms with Crippen molar-refractivity contribution in [3.05, 3.63) is 65.7 Å². The third-order valence-corrected chi connectivity index (χ3v) is 5.85. The number of methoxy groups -OCH3 is 1. The lowest BCUT2D eigenvalue weighted by atomic mass is 10.0. The molecule has 1 amide bonds. The highest BCUT2D eigenvalue weighted by Crippen LogP contribution is 2.31. The fourth-order valence-electron chi connectivity index (χ4n) is 4.15. The van der Waals surface area contributed by atoms with Gasteiger partial charge in [0.25, 0.3) is 0 Å². The van der Waals surface area contributed by atoms with E-state index in [1.807, 2.05) is 55.6 Å². The lowest BCUT2D eigenvalue weighted by Crippen LogP contribution is -2.42. The minimum Gasteiger partial charge on any atom is -0.496 e. The maximum absolute atomic E-state index is 13.2. The first-order chi connectivity index (χ1) is 14.2. The van der Waals surface area contributed by atoms with Gasteiger partial charge in [0.05, 0.1) is 13.2 Å². The molecule has 156 valence electrons. The van der Waals surface area contributed by atoms with Crippen molar-refractivity contribution in [2.45, 2.75) is 31.8 Å². The minimum atomic E-state index is -0.293. The smallest absolute Gasteiger partial charge is 0.242 e. The lowest BCUT2D eigenvalue weighted by molar-refractivity contribution is -0.126. The van der Waals surface area contributed by atoms with E-state index in [1.165, 1.54) is 12.8 Å². The van der Waals surface area contributed by atoms with Gasteiger partial charge in [-0.3, -0.25) is 14.6 Å². The molecule has 0 spiro atoms. The summed E-state index contributed by atoms with van der Waals surface area (Å²) in [6, 6.07) is 18.0. The van der Waals surface area contributed by atoms with Crippen molar-refractivity contribution in [3.8, 4) is 5.75 Å². The maximum atomic E-state index is 13.2. The van der Waals surface area contributed by atoms with Crippen molar-refractivity contribution >= 4 is 5.91 Å². The van der Waals surface area contributed by atoms with Gasteiger partial charge in [0.2, 0.25) is 5.91 Å². The van der Waals surface area contributed by atoms with Crippen LogP contribution in [-0.2, 0) is 4.79 Å². The van der Waals surface area contributed by atoms with Gasteiger partial charge in [0.1, 0.15) is 11.8 Å². The van der Waals surface area contributed by atoms with Crippen LogP contribution in [0, 0.1) is 0 Å². The van der Waals surface area contributed by atoms with Crippen LogP contribution in [0.4, 0.5) is 0 Å². The van der Waals surface area contributed by atoms with E-state index >= 15 is 0 Å². The summed E-state index contributed by atoms with van der Waals surface area (Å²) in [6.45, 7) is 5.55. The number of amides is 1. The second-order valence-electron chi connectivity index (χ2n) is 7.63. The van der Waals surface area contributed by atoms with E-state index < -0.39 is 0 Å². The molecule has 1 saturated heterocycles. The molecule has 5 nitrogen and oxygen atoms in total. The van der Waals surface area contributed by atoms with E-state index in [0.29, 0.717) is 6.54 Å². The number of carbonyl (C=O) groups is 1. The molecule has 0 aromatic heterocycles. The number of likely N-dealkylation sites (N-methyl/N-ethyl adjacent to an activating group) is 1. The highest BCUT2D eigenvalue weighted by molar-refractivity contribution is 5.83. The van der Waals surface area contributed by atoms with Gasteiger partial charge in [-0.1, -0.05) is 55.5 Å². The van der Waals surface area contributed by atoms with Gasteiger partial charge >= 0.3 is 0 Å². The Labute approximate surface area is 174 Å². The zero-order valence-electron chi connectivity index (χ0n) is 17.8. The molecule has 2 atom stereocenters. The lowest BCUT2D eigenvalue weighted by Gasteiger charge is -2.31. The minimum absolute atomic E-state index is 0.0413. The maximum Gasteiger partial charge on any atom is 0.242 e. The molecule has 2 aromatic rings. The number of hydrogen-bond donors (Lipinski definition) is 1. The number of hydrogen-bond acceptors (Lipinski definition) is 4. The Morgan fingerprint density at radius 1 is 1.10 bits per heavy atom. The van der Waals surface area contributed by atoms with Crippen LogP contribution in [0.1, 0.15) is 43.0 Å². The zero-order chi connectivity index (χ0) is 20.6. The van der Waals surface area contributed by atoms with Gasteiger partial charge in [-0.05, 0) is 51.2 Å². The molecule has 0 bridgehead atoms. The van der Waals surface area contributed by atoms with Gasteiger partial charge in [-0.15, -0.1) is 0 Å². The third-order valence-electron chi connectivity index (χ3n) is 5.85. The first-order valence-corrected chi connectivity index (χ1v) is 10.6. The molecule has 0 saturated carbocycles. The van der Waals surface area contributed by atoms with Crippen LogP contribution >= 0.6 is 0 Å². The van der Waals surface area contributed by atoms with Crippen LogP contribution in [0.5, 0.6) is 5.75 Å². The van der Waals surface area contributed by atoms with Crippen LogP contribution in [0.2, 0.25) is 0 Å². The summed E-state index contributed by atoms with van der Waals surface area (Å²) in [7, 11) is 3.70. The molecule has 0 radical (unpaired) electrons. The third kappa shape index (κ3) is 5.17. The number of nitrogens with zero attached hydrogens (tertiary/aromatic N) is 2. The summed E-state index contributed by atoms with van der Waals surface area (Å²) >= 11 is 0. The van der Waals surface area contributed by atoms with E-state index in [-0.39, 0.29) is 18.0 Å². The Balaban J connectivity index is 1.79. The van der Waals surface area contributed by atoms with Gasteiger partial charge in [0, 0.05) is 12.1 Å². The number of para-hydroxylation sites is 1. The molecule has 3 rings (SSSR count). The SMILES string of the molecule is CCN(C)C(C(=O)NCC(c1ccccc1OC)N1CCCC1)c1ccccc1. The van der Waals surface area contributed by atoms with E-state index in [1.54, 1.807) is 7.11 Å². The van der Waals surface area contributed by atoms with Crippen LogP contribution < -0.4 is 10.1 Å². The second kappa shape index (κ2) is 10.4. The summed E-state index contributed by atoms with van der Waals surface area (Å²) in [5.41, 5.74) is 2.15. The average molecular weight is 396 g/mol. The first kappa shape index (κ1) is 21.3. The van der Waals surface area contributed by atoms with E-state index in [9.17, 15) is 4.79 Å². The molecule has 1 heterocycles. The highest BCUT2D eigenvalue weighted by atomic mass is 16.5. The Morgan fingerprint density at radius 2 is 1.76 bits per heavy atom. The van der Waals surface area contributed by atoms with Crippen molar-refractivity contribution in [3.63, 3.8) is 0 Å². The van der Waals surface area contributed by atoms with E-state index in [2.05, 4.69) is 28.1 Å². The van der Waals surface area contributed by atoms with Gasteiger partial charge in [-0.25, -0.2) is 0 Å².